The molecule has 1 aromatic heterocycles. The van der Waals surface area contributed by atoms with Crippen molar-refractivity contribution in [3.63, 3.8) is 0 Å². The van der Waals surface area contributed by atoms with Crippen molar-refractivity contribution in [3.8, 4) is 50.2 Å². The molecular weight excluding hydrogens is 687 g/mol. The van der Waals surface area contributed by atoms with Crippen molar-refractivity contribution in [1.82, 2.24) is 4.57 Å². The molecule has 0 saturated carbocycles. The van der Waals surface area contributed by atoms with Gasteiger partial charge in [-0.3, -0.25) is 0 Å². The topological polar surface area (TPSA) is 4.93 Å². The zero-order chi connectivity index (χ0) is 37.5. The summed E-state index contributed by atoms with van der Waals surface area (Å²) in [7, 11) is 0. The fraction of sp³-hybridized carbons (Fsp3) is 0. The van der Waals surface area contributed by atoms with Crippen molar-refractivity contribution in [2.45, 2.75) is 0 Å². The van der Waals surface area contributed by atoms with Crippen LogP contribution in [0.4, 0.5) is 0 Å². The molecular formula is C56H35N. The zero-order valence-electron chi connectivity index (χ0n) is 31.2. The van der Waals surface area contributed by atoms with E-state index in [1.165, 1.54) is 109 Å². The molecule has 0 aliphatic rings. The Morgan fingerprint density at radius 2 is 0.737 bits per heavy atom. The van der Waals surface area contributed by atoms with Crippen LogP contribution in [0.1, 0.15) is 0 Å². The van der Waals surface area contributed by atoms with Gasteiger partial charge in [-0.1, -0.05) is 170 Å². The predicted octanol–water partition coefficient (Wildman–Crippen LogP) is 15.5. The van der Waals surface area contributed by atoms with Gasteiger partial charge < -0.3 is 4.57 Å². The van der Waals surface area contributed by atoms with Gasteiger partial charge in [0.2, 0.25) is 0 Å². The fourth-order valence-corrected chi connectivity index (χ4v) is 9.43. The minimum absolute atomic E-state index is 1.16. The molecule has 12 rings (SSSR count). The van der Waals surface area contributed by atoms with Gasteiger partial charge in [0, 0.05) is 16.5 Å². The molecule has 0 fully saturated rings. The van der Waals surface area contributed by atoms with Crippen LogP contribution in [0.3, 0.4) is 0 Å². The van der Waals surface area contributed by atoms with Crippen LogP contribution in [0.5, 0.6) is 0 Å². The van der Waals surface area contributed by atoms with E-state index in [4.69, 9.17) is 0 Å². The molecule has 0 saturated heterocycles. The summed E-state index contributed by atoms with van der Waals surface area (Å²) < 4.78 is 2.47. The average molecular weight is 722 g/mol. The van der Waals surface area contributed by atoms with Gasteiger partial charge in [0.1, 0.15) is 0 Å². The first-order valence-corrected chi connectivity index (χ1v) is 19.7. The van der Waals surface area contributed by atoms with E-state index in [9.17, 15) is 0 Å². The van der Waals surface area contributed by atoms with E-state index in [-0.39, 0.29) is 0 Å². The van der Waals surface area contributed by atoms with Gasteiger partial charge >= 0.3 is 0 Å². The minimum atomic E-state index is 1.16. The Balaban J connectivity index is 1.01. The second-order valence-corrected chi connectivity index (χ2v) is 15.3. The summed E-state index contributed by atoms with van der Waals surface area (Å²) >= 11 is 0. The van der Waals surface area contributed by atoms with E-state index in [0.29, 0.717) is 0 Å². The number of nitrogens with zero attached hydrogens (tertiary/aromatic N) is 1. The SMILES string of the molecule is c1ccc(-n2c3cc(-c4ccc(-c5cccc6ccccc56)cc4)cc4ccc5cc(-c6ccc(-c7c8ccccc8cc8ccccc78)cc6)cc2c5c43)cc1. The molecule has 0 atom stereocenters. The molecule has 0 N–H and O–H groups in total. The molecule has 1 heterocycles. The summed E-state index contributed by atoms with van der Waals surface area (Å²) in [6.07, 6.45) is 0. The number of rotatable bonds is 5. The van der Waals surface area contributed by atoms with Crippen molar-refractivity contribution < 1.29 is 0 Å². The highest BCUT2D eigenvalue weighted by atomic mass is 15.0. The van der Waals surface area contributed by atoms with Gasteiger partial charge in [0.25, 0.3) is 0 Å². The van der Waals surface area contributed by atoms with Crippen LogP contribution in [0.15, 0.2) is 212 Å². The van der Waals surface area contributed by atoms with E-state index < -0.39 is 0 Å². The number of benzene rings is 11. The Hall–Kier alpha value is -7.48. The van der Waals surface area contributed by atoms with Crippen LogP contribution in [0, 0.1) is 0 Å². The normalized spacial score (nSPS) is 11.9. The molecule has 264 valence electrons. The highest BCUT2D eigenvalue weighted by Gasteiger charge is 2.20. The standard InChI is InChI=1S/C56H35N/c1-2-15-47(16-3-1)57-52-34-45(36-21-25-39(26-22-36)49-20-10-14-38-11-4-7-17-48(38)49)32-43-29-30-44-33-46(35-53(57)56(44)55(43)52)37-23-27-40(28-24-37)54-50-18-8-5-12-41(50)31-42-13-6-9-19-51(42)54/h1-35H. The fourth-order valence-electron chi connectivity index (χ4n) is 9.43. The second kappa shape index (κ2) is 12.5. The van der Waals surface area contributed by atoms with Gasteiger partial charge in [0.05, 0.1) is 11.0 Å². The molecule has 0 bridgehead atoms. The van der Waals surface area contributed by atoms with Crippen LogP contribution < -0.4 is 0 Å². The number of para-hydroxylation sites is 1. The highest BCUT2D eigenvalue weighted by molar-refractivity contribution is 6.26. The van der Waals surface area contributed by atoms with Crippen molar-refractivity contribution in [1.29, 1.82) is 0 Å². The molecule has 0 amide bonds. The van der Waals surface area contributed by atoms with Gasteiger partial charge in [-0.25, -0.2) is 0 Å². The van der Waals surface area contributed by atoms with Crippen molar-refractivity contribution >= 4 is 64.9 Å². The monoisotopic (exact) mass is 721 g/mol. The first-order valence-electron chi connectivity index (χ1n) is 19.7. The summed E-state index contributed by atoms with van der Waals surface area (Å²) in [5.41, 5.74) is 13.5. The van der Waals surface area contributed by atoms with Gasteiger partial charge in [-0.05, 0) is 130 Å². The maximum Gasteiger partial charge on any atom is 0.0553 e. The van der Waals surface area contributed by atoms with Gasteiger partial charge in [-0.2, -0.15) is 0 Å². The number of aromatic nitrogens is 1. The smallest absolute Gasteiger partial charge is 0.0553 e. The third-order valence-corrected chi connectivity index (χ3v) is 12.1. The Morgan fingerprint density at radius 1 is 0.263 bits per heavy atom. The molecule has 0 aliphatic heterocycles. The van der Waals surface area contributed by atoms with Gasteiger partial charge in [0.15, 0.2) is 0 Å². The summed E-state index contributed by atoms with van der Waals surface area (Å²) in [6.45, 7) is 0. The first-order chi connectivity index (χ1) is 28.2. The largest absolute Gasteiger partial charge is 0.309 e. The first kappa shape index (κ1) is 31.8. The number of hydrogen-bond acceptors (Lipinski definition) is 0. The Morgan fingerprint density at radius 3 is 1.33 bits per heavy atom. The van der Waals surface area contributed by atoms with E-state index in [1.807, 2.05) is 0 Å². The van der Waals surface area contributed by atoms with Crippen LogP contribution in [0.2, 0.25) is 0 Å². The van der Waals surface area contributed by atoms with E-state index >= 15 is 0 Å². The maximum absolute atomic E-state index is 2.47. The summed E-state index contributed by atoms with van der Waals surface area (Å²) in [5, 5.41) is 12.8. The summed E-state index contributed by atoms with van der Waals surface area (Å²) in [5.74, 6) is 0. The Kier molecular flexibility index (Phi) is 7.00. The molecule has 1 nitrogen and oxygen atoms in total. The Bertz CT molecular complexity index is 3420. The Labute approximate surface area is 330 Å². The molecule has 12 aromatic rings. The minimum Gasteiger partial charge on any atom is -0.309 e. The summed E-state index contributed by atoms with van der Waals surface area (Å²) in [4.78, 5) is 0. The zero-order valence-corrected chi connectivity index (χ0v) is 31.2. The lowest BCUT2D eigenvalue weighted by Gasteiger charge is -2.13. The lowest BCUT2D eigenvalue weighted by molar-refractivity contribution is 1.18. The lowest BCUT2D eigenvalue weighted by Crippen LogP contribution is -1.94. The van der Waals surface area contributed by atoms with Crippen molar-refractivity contribution in [3.05, 3.63) is 212 Å². The van der Waals surface area contributed by atoms with Crippen LogP contribution in [-0.4, -0.2) is 4.57 Å². The quantitative estimate of drug-likeness (QED) is 0.123. The molecule has 0 aliphatic carbocycles. The third kappa shape index (κ3) is 5.03. The van der Waals surface area contributed by atoms with E-state index in [1.54, 1.807) is 0 Å². The molecule has 11 aromatic carbocycles. The van der Waals surface area contributed by atoms with Gasteiger partial charge in [-0.15, -0.1) is 0 Å². The molecule has 0 radical (unpaired) electrons. The van der Waals surface area contributed by atoms with Crippen LogP contribution in [0.25, 0.3) is 115 Å². The third-order valence-electron chi connectivity index (χ3n) is 12.1. The average Bonchev–Trinajstić information content (AvgIpc) is 3.62. The molecule has 0 unspecified atom stereocenters. The summed E-state index contributed by atoms with van der Waals surface area (Å²) in [6, 6.07) is 78.3. The second-order valence-electron chi connectivity index (χ2n) is 15.3. The van der Waals surface area contributed by atoms with Crippen LogP contribution in [-0.2, 0) is 0 Å². The maximum atomic E-state index is 2.47. The van der Waals surface area contributed by atoms with E-state index in [0.717, 1.165) is 5.69 Å². The highest BCUT2D eigenvalue weighted by Crippen LogP contribution is 2.44. The number of fused-ring (bicyclic) bond motifs is 3. The lowest BCUT2D eigenvalue weighted by atomic mass is 9.91. The predicted molar refractivity (Wildman–Crippen MR) is 244 cm³/mol. The molecule has 57 heavy (non-hydrogen) atoms. The van der Waals surface area contributed by atoms with Crippen LogP contribution >= 0.6 is 0 Å². The number of hydrogen-bond donors (Lipinski definition) is 0. The van der Waals surface area contributed by atoms with E-state index in [2.05, 4.69) is 217 Å². The molecule has 0 spiro atoms. The molecule has 1 heteroatoms. The van der Waals surface area contributed by atoms with Crippen molar-refractivity contribution in [2.75, 3.05) is 0 Å². The van der Waals surface area contributed by atoms with Crippen molar-refractivity contribution in [2.24, 2.45) is 0 Å².